The molecule has 31 heavy (non-hydrogen) atoms. The maximum Gasteiger partial charge on any atom is 0.178 e. The molecule has 0 saturated carbocycles. The van der Waals surface area contributed by atoms with Crippen molar-refractivity contribution in [1.82, 2.24) is 14.4 Å². The lowest BCUT2D eigenvalue weighted by Gasteiger charge is -2.08. The lowest BCUT2D eigenvalue weighted by Crippen LogP contribution is -1.91. The van der Waals surface area contributed by atoms with Crippen molar-refractivity contribution in [2.45, 2.75) is 0 Å². The number of fused-ring (bicyclic) bond motifs is 14. The van der Waals surface area contributed by atoms with Crippen molar-refractivity contribution < 1.29 is 8.83 Å². The van der Waals surface area contributed by atoms with E-state index in [1.165, 1.54) is 0 Å². The highest BCUT2D eigenvalue weighted by atomic mass is 16.4. The Bertz CT molecular complexity index is 2010. The van der Waals surface area contributed by atoms with E-state index >= 15 is 0 Å². The molecule has 5 nitrogen and oxygen atoms in total. The van der Waals surface area contributed by atoms with Crippen LogP contribution >= 0.6 is 0 Å². The summed E-state index contributed by atoms with van der Waals surface area (Å²) < 4.78 is 14.9. The highest BCUT2D eigenvalue weighted by Crippen LogP contribution is 2.41. The molecule has 0 spiro atoms. The fraction of sp³-hybridized carbons (Fsp3) is 0. The molecule has 0 saturated heterocycles. The summed E-state index contributed by atoms with van der Waals surface area (Å²) in [6.07, 6.45) is 7.49. The van der Waals surface area contributed by atoms with Crippen molar-refractivity contribution in [2.75, 3.05) is 0 Å². The van der Waals surface area contributed by atoms with E-state index in [2.05, 4.69) is 44.7 Å². The second kappa shape index (κ2) is 5.21. The number of imidazole rings is 1. The molecular weight excluding hydrogens is 386 g/mol. The molecule has 5 heterocycles. The first kappa shape index (κ1) is 15.5. The number of hydrogen-bond acceptors (Lipinski definition) is 4. The second-order valence-corrected chi connectivity index (χ2v) is 7.90. The van der Waals surface area contributed by atoms with E-state index in [0.29, 0.717) is 0 Å². The predicted molar refractivity (Wildman–Crippen MR) is 123 cm³/mol. The van der Waals surface area contributed by atoms with Crippen LogP contribution in [0, 0.1) is 0 Å². The van der Waals surface area contributed by atoms with Crippen LogP contribution in [-0.4, -0.2) is 14.4 Å². The lowest BCUT2D eigenvalue weighted by molar-refractivity contribution is 0.634. The third kappa shape index (κ3) is 1.78. The Kier molecular flexibility index (Phi) is 2.60. The molecule has 0 radical (unpaired) electrons. The zero-order chi connectivity index (χ0) is 20.1. The van der Waals surface area contributed by atoms with E-state index in [1.54, 1.807) is 0 Å². The smallest absolute Gasteiger partial charge is 0.178 e. The molecule has 144 valence electrons. The van der Waals surface area contributed by atoms with Gasteiger partial charge in [0.25, 0.3) is 0 Å². The minimum absolute atomic E-state index is 0.777. The molecular formula is C26H13N3O2. The van der Waals surface area contributed by atoms with Crippen molar-refractivity contribution in [3.63, 3.8) is 0 Å². The van der Waals surface area contributed by atoms with Gasteiger partial charge >= 0.3 is 0 Å². The molecule has 0 fully saturated rings. The van der Waals surface area contributed by atoms with Crippen LogP contribution in [0.15, 0.2) is 88.2 Å². The maximum absolute atomic E-state index is 6.58. The fourth-order valence-corrected chi connectivity index (χ4v) is 5.01. The molecule has 0 aliphatic rings. The Balaban J connectivity index is 1.65. The van der Waals surface area contributed by atoms with E-state index in [4.69, 9.17) is 8.83 Å². The van der Waals surface area contributed by atoms with Crippen LogP contribution in [0.3, 0.4) is 0 Å². The van der Waals surface area contributed by atoms with Gasteiger partial charge in [-0.1, -0.05) is 24.3 Å². The molecule has 5 heteroatoms. The summed E-state index contributed by atoms with van der Waals surface area (Å²) in [7, 11) is 0. The quantitative estimate of drug-likeness (QED) is 0.262. The summed E-state index contributed by atoms with van der Waals surface area (Å²) in [5.74, 6) is 0. The SMILES string of the molecule is c1ccc2c(c1)oc1c2ccc2c3ccc4c5ccncc5c5nccn5c4c3oc21. The van der Waals surface area contributed by atoms with E-state index in [-0.39, 0.29) is 0 Å². The van der Waals surface area contributed by atoms with Crippen molar-refractivity contribution in [3.8, 4) is 0 Å². The van der Waals surface area contributed by atoms with Gasteiger partial charge in [0.1, 0.15) is 11.2 Å². The van der Waals surface area contributed by atoms with E-state index in [1.807, 2.05) is 49.1 Å². The predicted octanol–water partition coefficient (Wildman–Crippen LogP) is 6.83. The summed E-state index contributed by atoms with van der Waals surface area (Å²) in [5.41, 5.74) is 5.14. The zero-order valence-electron chi connectivity index (χ0n) is 16.2. The van der Waals surface area contributed by atoms with Gasteiger partial charge < -0.3 is 8.83 Å². The van der Waals surface area contributed by atoms with Gasteiger partial charge in [-0.05, 0) is 35.7 Å². The molecule has 0 aliphatic heterocycles. The first-order valence-electron chi connectivity index (χ1n) is 10.2. The van der Waals surface area contributed by atoms with Crippen molar-refractivity contribution in [1.29, 1.82) is 0 Å². The number of aromatic nitrogens is 3. The van der Waals surface area contributed by atoms with Crippen molar-refractivity contribution >= 4 is 71.2 Å². The Hall–Kier alpha value is -4.38. The fourth-order valence-electron chi connectivity index (χ4n) is 5.01. The lowest BCUT2D eigenvalue weighted by atomic mass is 10.0. The van der Waals surface area contributed by atoms with Gasteiger partial charge in [-0.25, -0.2) is 4.98 Å². The molecule has 8 rings (SSSR count). The number of hydrogen-bond donors (Lipinski definition) is 0. The van der Waals surface area contributed by atoms with Gasteiger partial charge in [-0.15, -0.1) is 0 Å². The largest absolute Gasteiger partial charge is 0.452 e. The van der Waals surface area contributed by atoms with Crippen LogP contribution in [-0.2, 0) is 0 Å². The van der Waals surface area contributed by atoms with Gasteiger partial charge in [0.05, 0.1) is 5.52 Å². The van der Waals surface area contributed by atoms with Crippen LogP contribution in [0.25, 0.3) is 71.2 Å². The number of para-hydroxylation sites is 1. The summed E-state index contributed by atoms with van der Waals surface area (Å²) in [5, 5.41) is 7.51. The van der Waals surface area contributed by atoms with Gasteiger partial charge in [-0.2, -0.15) is 0 Å². The van der Waals surface area contributed by atoms with Gasteiger partial charge in [-0.3, -0.25) is 9.38 Å². The molecule has 5 aromatic heterocycles. The highest BCUT2D eigenvalue weighted by molar-refractivity contribution is 6.24. The number of rotatable bonds is 0. The molecule has 3 aromatic carbocycles. The summed E-state index contributed by atoms with van der Waals surface area (Å²) >= 11 is 0. The Labute approximate surface area is 174 Å². The summed E-state index contributed by atoms with van der Waals surface area (Å²) in [4.78, 5) is 8.91. The van der Waals surface area contributed by atoms with Crippen LogP contribution < -0.4 is 0 Å². The first-order valence-corrected chi connectivity index (χ1v) is 10.2. The van der Waals surface area contributed by atoms with E-state index < -0.39 is 0 Å². The van der Waals surface area contributed by atoms with Crippen molar-refractivity contribution in [3.05, 3.63) is 79.4 Å². The molecule has 0 aliphatic carbocycles. The second-order valence-electron chi connectivity index (χ2n) is 7.90. The Morgan fingerprint density at radius 2 is 1.39 bits per heavy atom. The normalized spacial score (nSPS) is 12.5. The Morgan fingerprint density at radius 1 is 0.613 bits per heavy atom. The molecule has 0 unspecified atom stereocenters. The van der Waals surface area contributed by atoms with Crippen molar-refractivity contribution in [2.24, 2.45) is 0 Å². The zero-order valence-corrected chi connectivity index (χ0v) is 16.2. The van der Waals surface area contributed by atoms with Gasteiger partial charge in [0.2, 0.25) is 0 Å². The minimum Gasteiger partial charge on any atom is -0.452 e. The van der Waals surface area contributed by atoms with Crippen LogP contribution in [0.2, 0.25) is 0 Å². The highest BCUT2D eigenvalue weighted by Gasteiger charge is 2.19. The molecule has 0 amide bonds. The topological polar surface area (TPSA) is 56.5 Å². The molecule has 0 atom stereocenters. The molecule has 8 aromatic rings. The first-order chi connectivity index (χ1) is 15.4. The maximum atomic E-state index is 6.58. The number of furan rings is 2. The average molecular weight is 399 g/mol. The van der Waals surface area contributed by atoms with Gasteiger partial charge in [0, 0.05) is 57.1 Å². The van der Waals surface area contributed by atoms with E-state index in [9.17, 15) is 0 Å². The minimum atomic E-state index is 0.777. The van der Waals surface area contributed by atoms with Crippen LogP contribution in [0.1, 0.15) is 0 Å². The third-order valence-electron chi connectivity index (χ3n) is 6.36. The van der Waals surface area contributed by atoms with E-state index in [0.717, 1.165) is 71.2 Å². The monoisotopic (exact) mass is 399 g/mol. The molecule has 0 N–H and O–H groups in total. The molecule has 0 bridgehead atoms. The standard InChI is InChI=1S/C26H13N3O2/c1-2-4-21-15(3-1)17-7-8-19-18-6-5-16-14-9-10-27-13-20(14)26-28-11-12-29(26)22(16)23(18)31-25(19)24(17)30-21/h1-13H. The number of nitrogens with zero attached hydrogens (tertiary/aromatic N) is 3. The van der Waals surface area contributed by atoms with Crippen LogP contribution in [0.5, 0.6) is 0 Å². The summed E-state index contributed by atoms with van der Waals surface area (Å²) in [6, 6.07) is 18.7. The third-order valence-corrected chi connectivity index (χ3v) is 6.36. The van der Waals surface area contributed by atoms with Crippen LogP contribution in [0.4, 0.5) is 0 Å². The number of pyridine rings is 2. The average Bonchev–Trinajstić information content (AvgIpc) is 3.53. The summed E-state index contributed by atoms with van der Waals surface area (Å²) in [6.45, 7) is 0. The Morgan fingerprint density at radius 3 is 2.32 bits per heavy atom. The number of benzene rings is 3. The van der Waals surface area contributed by atoms with Gasteiger partial charge in [0.15, 0.2) is 16.7 Å².